The molecule has 1 aliphatic rings. The molecule has 4 rings (SSSR count). The largest absolute Gasteiger partial charge is 0.354 e. The number of halogens is 1. The van der Waals surface area contributed by atoms with E-state index in [1.165, 1.54) is 0 Å². The van der Waals surface area contributed by atoms with Gasteiger partial charge in [0.05, 0.1) is 0 Å². The lowest BCUT2D eigenvalue weighted by atomic mass is 10.2. The maximum absolute atomic E-state index is 6.28. The number of likely N-dealkylation sites (N-methyl/N-ethyl adjacent to an activating group) is 1. The van der Waals surface area contributed by atoms with Crippen molar-refractivity contribution < 1.29 is 0 Å². The summed E-state index contributed by atoms with van der Waals surface area (Å²) in [5.41, 5.74) is 1.98. The number of aromatic amines is 1. The van der Waals surface area contributed by atoms with Crippen molar-refractivity contribution in [3.63, 3.8) is 0 Å². The SMILES string of the molecule is Cc1cc(Nc2cc(N3CCN(C)CC3)nc(NCc3ccccc3Cl)n2)n[nH]1. The van der Waals surface area contributed by atoms with E-state index in [2.05, 4.69) is 42.7 Å². The molecule has 0 bridgehead atoms. The minimum atomic E-state index is 0.548. The molecule has 29 heavy (non-hydrogen) atoms. The highest BCUT2D eigenvalue weighted by Gasteiger charge is 2.17. The first-order valence-electron chi connectivity index (χ1n) is 9.66. The van der Waals surface area contributed by atoms with Crippen molar-refractivity contribution in [2.75, 3.05) is 48.8 Å². The zero-order valence-electron chi connectivity index (χ0n) is 16.6. The highest BCUT2D eigenvalue weighted by atomic mass is 35.5. The van der Waals surface area contributed by atoms with Crippen LogP contribution in [0.2, 0.25) is 5.02 Å². The third-order valence-corrected chi connectivity index (χ3v) is 5.27. The van der Waals surface area contributed by atoms with Crippen molar-refractivity contribution in [1.29, 1.82) is 0 Å². The van der Waals surface area contributed by atoms with Gasteiger partial charge in [-0.2, -0.15) is 15.1 Å². The Morgan fingerprint density at radius 3 is 2.59 bits per heavy atom. The molecular formula is C20H25ClN8. The predicted octanol–water partition coefficient (Wildman–Crippen LogP) is 3.27. The number of rotatable bonds is 6. The number of aryl methyl sites for hydroxylation is 1. The first kappa shape index (κ1) is 19.5. The number of nitrogens with zero attached hydrogens (tertiary/aromatic N) is 5. The van der Waals surface area contributed by atoms with E-state index in [1.54, 1.807) is 0 Å². The summed E-state index contributed by atoms with van der Waals surface area (Å²) < 4.78 is 0. The summed E-state index contributed by atoms with van der Waals surface area (Å²) in [7, 11) is 2.14. The van der Waals surface area contributed by atoms with E-state index in [0.717, 1.165) is 54.1 Å². The highest BCUT2D eigenvalue weighted by Crippen LogP contribution is 2.23. The number of piperazine rings is 1. The second-order valence-corrected chi connectivity index (χ2v) is 7.64. The number of hydrogen-bond acceptors (Lipinski definition) is 7. The Bertz CT molecular complexity index is 965. The third-order valence-electron chi connectivity index (χ3n) is 4.90. The summed E-state index contributed by atoms with van der Waals surface area (Å²) in [5.74, 6) is 2.87. The zero-order valence-corrected chi connectivity index (χ0v) is 17.4. The molecule has 0 amide bonds. The lowest BCUT2D eigenvalue weighted by Crippen LogP contribution is -2.44. The van der Waals surface area contributed by atoms with Crippen LogP contribution in [-0.4, -0.2) is 58.3 Å². The second-order valence-electron chi connectivity index (χ2n) is 7.23. The maximum Gasteiger partial charge on any atom is 0.226 e. The molecule has 0 radical (unpaired) electrons. The van der Waals surface area contributed by atoms with Gasteiger partial charge in [-0.05, 0) is 25.6 Å². The molecule has 1 saturated heterocycles. The highest BCUT2D eigenvalue weighted by molar-refractivity contribution is 6.31. The van der Waals surface area contributed by atoms with Gasteiger partial charge < -0.3 is 20.4 Å². The summed E-state index contributed by atoms with van der Waals surface area (Å²) in [6.07, 6.45) is 0. The van der Waals surface area contributed by atoms with E-state index in [0.29, 0.717) is 18.3 Å². The molecule has 3 heterocycles. The number of aromatic nitrogens is 4. The van der Waals surface area contributed by atoms with Crippen LogP contribution in [0.15, 0.2) is 36.4 Å². The summed E-state index contributed by atoms with van der Waals surface area (Å²) in [6.45, 7) is 6.38. The van der Waals surface area contributed by atoms with Crippen LogP contribution in [0, 0.1) is 6.92 Å². The summed E-state index contributed by atoms with van der Waals surface area (Å²) in [4.78, 5) is 14.0. The molecule has 0 unspecified atom stereocenters. The van der Waals surface area contributed by atoms with Gasteiger partial charge in [-0.25, -0.2) is 0 Å². The molecule has 0 atom stereocenters. The van der Waals surface area contributed by atoms with Gasteiger partial charge in [-0.3, -0.25) is 5.10 Å². The maximum atomic E-state index is 6.28. The van der Waals surface area contributed by atoms with Crippen LogP contribution in [0.3, 0.4) is 0 Å². The number of hydrogen-bond donors (Lipinski definition) is 3. The van der Waals surface area contributed by atoms with Crippen LogP contribution < -0.4 is 15.5 Å². The van der Waals surface area contributed by atoms with E-state index < -0.39 is 0 Å². The average Bonchev–Trinajstić information content (AvgIpc) is 3.12. The molecule has 2 aromatic heterocycles. The van der Waals surface area contributed by atoms with E-state index in [9.17, 15) is 0 Å². The van der Waals surface area contributed by atoms with E-state index in [-0.39, 0.29) is 0 Å². The lowest BCUT2D eigenvalue weighted by molar-refractivity contribution is 0.312. The van der Waals surface area contributed by atoms with Crippen LogP contribution in [0.5, 0.6) is 0 Å². The number of nitrogens with one attached hydrogen (secondary N) is 3. The van der Waals surface area contributed by atoms with Crippen LogP contribution >= 0.6 is 11.6 Å². The van der Waals surface area contributed by atoms with Gasteiger partial charge in [0.15, 0.2) is 5.82 Å². The predicted molar refractivity (Wildman–Crippen MR) is 117 cm³/mol. The van der Waals surface area contributed by atoms with Gasteiger partial charge in [0, 0.05) is 55.6 Å². The Labute approximate surface area is 175 Å². The van der Waals surface area contributed by atoms with Gasteiger partial charge in [-0.15, -0.1) is 0 Å². The van der Waals surface area contributed by atoms with Crippen LogP contribution in [-0.2, 0) is 6.54 Å². The van der Waals surface area contributed by atoms with Crippen molar-refractivity contribution >= 4 is 35.0 Å². The van der Waals surface area contributed by atoms with E-state index in [4.69, 9.17) is 16.6 Å². The van der Waals surface area contributed by atoms with Gasteiger partial charge in [0.25, 0.3) is 0 Å². The fourth-order valence-corrected chi connectivity index (χ4v) is 3.41. The Hall–Kier alpha value is -2.84. The molecule has 152 valence electrons. The first-order valence-corrected chi connectivity index (χ1v) is 10.0. The molecule has 8 nitrogen and oxygen atoms in total. The molecule has 1 fully saturated rings. The van der Waals surface area contributed by atoms with E-state index in [1.807, 2.05) is 43.3 Å². The van der Waals surface area contributed by atoms with Crippen molar-refractivity contribution in [2.24, 2.45) is 0 Å². The van der Waals surface area contributed by atoms with Crippen LogP contribution in [0.4, 0.5) is 23.4 Å². The second kappa shape index (κ2) is 8.67. The fourth-order valence-electron chi connectivity index (χ4n) is 3.20. The average molecular weight is 413 g/mol. The van der Waals surface area contributed by atoms with E-state index >= 15 is 0 Å². The van der Waals surface area contributed by atoms with Crippen molar-refractivity contribution in [2.45, 2.75) is 13.5 Å². The standard InChI is InChI=1S/C20H25ClN8/c1-14-11-18(27-26-14)23-17-12-19(29-9-7-28(2)8-10-29)25-20(24-17)22-13-15-5-3-4-6-16(15)21/h3-6,11-12H,7-10,13H2,1-2H3,(H3,22,23,24,25,26,27). The number of benzene rings is 1. The fraction of sp³-hybridized carbons (Fsp3) is 0.350. The minimum Gasteiger partial charge on any atom is -0.354 e. The van der Waals surface area contributed by atoms with Crippen molar-refractivity contribution in [3.05, 3.63) is 52.7 Å². The summed E-state index contributed by atoms with van der Waals surface area (Å²) >= 11 is 6.28. The Kier molecular flexibility index (Phi) is 5.82. The van der Waals surface area contributed by atoms with Crippen LogP contribution in [0.25, 0.3) is 0 Å². The molecule has 1 aromatic carbocycles. The molecule has 0 saturated carbocycles. The lowest BCUT2D eigenvalue weighted by Gasteiger charge is -2.33. The van der Waals surface area contributed by atoms with Crippen molar-refractivity contribution in [1.82, 2.24) is 25.1 Å². The first-order chi connectivity index (χ1) is 14.1. The molecule has 3 N–H and O–H groups in total. The summed E-state index contributed by atoms with van der Waals surface area (Å²) in [6, 6.07) is 11.7. The smallest absolute Gasteiger partial charge is 0.226 e. The number of anilines is 4. The molecule has 3 aromatic rings. The Morgan fingerprint density at radius 2 is 1.86 bits per heavy atom. The Morgan fingerprint density at radius 1 is 1.07 bits per heavy atom. The minimum absolute atomic E-state index is 0.548. The topological polar surface area (TPSA) is 85.0 Å². The molecule has 1 aliphatic heterocycles. The zero-order chi connectivity index (χ0) is 20.2. The van der Waals surface area contributed by atoms with Gasteiger partial charge >= 0.3 is 0 Å². The molecule has 0 spiro atoms. The normalized spacial score (nSPS) is 14.8. The monoisotopic (exact) mass is 412 g/mol. The molecule has 0 aliphatic carbocycles. The molecule has 9 heteroatoms. The van der Waals surface area contributed by atoms with Gasteiger partial charge in [-0.1, -0.05) is 29.8 Å². The third kappa shape index (κ3) is 4.96. The summed E-state index contributed by atoms with van der Waals surface area (Å²) in [5, 5.41) is 14.5. The quantitative estimate of drug-likeness (QED) is 0.572. The molecular weight excluding hydrogens is 388 g/mol. The van der Waals surface area contributed by atoms with Crippen LogP contribution in [0.1, 0.15) is 11.3 Å². The van der Waals surface area contributed by atoms with Gasteiger partial charge in [0.1, 0.15) is 11.6 Å². The van der Waals surface area contributed by atoms with Gasteiger partial charge in [0.2, 0.25) is 5.95 Å². The Balaban J connectivity index is 1.57. The van der Waals surface area contributed by atoms with Crippen molar-refractivity contribution in [3.8, 4) is 0 Å². The number of H-pyrrole nitrogens is 1.